The first-order valence-electron chi connectivity index (χ1n) is 7.36. The number of hydrogen-bond donors (Lipinski definition) is 1. The summed E-state index contributed by atoms with van der Waals surface area (Å²) in [6.45, 7) is 3.81. The molecule has 0 bridgehead atoms. The normalized spacial score (nSPS) is 18.2. The van der Waals surface area contributed by atoms with Crippen molar-refractivity contribution in [3.63, 3.8) is 0 Å². The molecule has 1 fully saturated rings. The molecule has 1 aliphatic carbocycles. The third-order valence-corrected chi connectivity index (χ3v) is 3.67. The molecule has 1 heterocycles. The van der Waals surface area contributed by atoms with E-state index < -0.39 is 5.60 Å². The Morgan fingerprint density at radius 3 is 2.50 bits per heavy atom. The van der Waals surface area contributed by atoms with Gasteiger partial charge in [0.1, 0.15) is 11.3 Å². The first-order valence-corrected chi connectivity index (χ1v) is 7.36. The first kappa shape index (κ1) is 14.8. The lowest BCUT2D eigenvalue weighted by Crippen LogP contribution is -2.26. The van der Waals surface area contributed by atoms with Crippen molar-refractivity contribution in [2.75, 3.05) is 0 Å². The maximum Gasteiger partial charge on any atom is 0.267 e. The largest absolute Gasteiger partial charge is 0.378 e. The quantitative estimate of drug-likeness (QED) is 0.631. The molecule has 2 rings (SSSR count). The predicted molar refractivity (Wildman–Crippen MR) is 78.4 cm³/mol. The van der Waals surface area contributed by atoms with E-state index in [0.717, 1.165) is 25.7 Å². The van der Waals surface area contributed by atoms with E-state index in [1.807, 2.05) is 13.8 Å². The van der Waals surface area contributed by atoms with E-state index in [4.69, 9.17) is 0 Å². The van der Waals surface area contributed by atoms with Gasteiger partial charge in [-0.05, 0) is 51.5 Å². The Morgan fingerprint density at radius 2 is 1.90 bits per heavy atom. The van der Waals surface area contributed by atoms with E-state index in [2.05, 4.69) is 16.9 Å². The summed E-state index contributed by atoms with van der Waals surface area (Å²) < 4.78 is 1.42. The number of hydrogen-bond acceptors (Lipinski definition) is 3. The molecule has 1 saturated carbocycles. The molecular weight excluding hydrogens is 252 g/mol. The summed E-state index contributed by atoms with van der Waals surface area (Å²) >= 11 is 0. The minimum absolute atomic E-state index is 0.00483. The van der Waals surface area contributed by atoms with Crippen molar-refractivity contribution < 1.29 is 5.11 Å². The number of rotatable bonds is 1. The maximum atomic E-state index is 11.6. The monoisotopic (exact) mass is 274 g/mol. The second-order valence-electron chi connectivity index (χ2n) is 5.79. The Balaban J connectivity index is 2.24. The number of aliphatic hydroxyl groups is 1. The second-order valence-corrected chi connectivity index (χ2v) is 5.79. The standard InChI is InChI=1S/C16H22N2O2/c1-13(2)18-15(19)8-7-14(17-18)9-12-16(20)10-5-3-4-6-11-16/h7-8,13,20H,3-6,10-11H2,1-2H3. The topological polar surface area (TPSA) is 55.1 Å². The van der Waals surface area contributed by atoms with Gasteiger partial charge in [-0.2, -0.15) is 5.10 Å². The third-order valence-electron chi connectivity index (χ3n) is 3.67. The van der Waals surface area contributed by atoms with E-state index >= 15 is 0 Å². The lowest BCUT2D eigenvalue weighted by atomic mass is 9.95. The van der Waals surface area contributed by atoms with Gasteiger partial charge in [0.25, 0.3) is 5.56 Å². The summed E-state index contributed by atoms with van der Waals surface area (Å²) in [6, 6.07) is 3.10. The summed E-state index contributed by atoms with van der Waals surface area (Å²) in [4.78, 5) is 11.6. The van der Waals surface area contributed by atoms with E-state index in [-0.39, 0.29) is 11.6 Å². The molecule has 0 radical (unpaired) electrons. The molecule has 0 aromatic carbocycles. The van der Waals surface area contributed by atoms with E-state index in [0.29, 0.717) is 5.69 Å². The van der Waals surface area contributed by atoms with Gasteiger partial charge in [0.15, 0.2) is 0 Å². The Kier molecular flexibility index (Phi) is 4.61. The highest BCUT2D eigenvalue weighted by Crippen LogP contribution is 2.26. The van der Waals surface area contributed by atoms with Crippen molar-refractivity contribution in [3.05, 3.63) is 28.2 Å². The van der Waals surface area contributed by atoms with E-state index in [1.165, 1.54) is 23.6 Å². The van der Waals surface area contributed by atoms with Crippen LogP contribution in [0.3, 0.4) is 0 Å². The molecule has 1 aliphatic rings. The Hall–Kier alpha value is -1.60. The minimum Gasteiger partial charge on any atom is -0.378 e. The molecule has 0 amide bonds. The summed E-state index contributed by atoms with van der Waals surface area (Å²) in [6.07, 6.45) is 5.82. The molecule has 0 atom stereocenters. The van der Waals surface area contributed by atoms with Crippen molar-refractivity contribution in [2.24, 2.45) is 0 Å². The van der Waals surface area contributed by atoms with Gasteiger partial charge in [-0.3, -0.25) is 4.79 Å². The van der Waals surface area contributed by atoms with Crippen LogP contribution in [0, 0.1) is 11.8 Å². The van der Waals surface area contributed by atoms with Crippen LogP contribution in [0.25, 0.3) is 0 Å². The van der Waals surface area contributed by atoms with Crippen LogP contribution >= 0.6 is 0 Å². The summed E-state index contributed by atoms with van der Waals surface area (Å²) in [5.41, 5.74) is -0.480. The molecule has 1 aromatic heterocycles. The zero-order valence-corrected chi connectivity index (χ0v) is 12.2. The van der Waals surface area contributed by atoms with Crippen LogP contribution in [-0.2, 0) is 0 Å². The molecule has 0 aliphatic heterocycles. The fourth-order valence-corrected chi connectivity index (χ4v) is 2.48. The van der Waals surface area contributed by atoms with E-state index in [9.17, 15) is 9.90 Å². The van der Waals surface area contributed by atoms with Gasteiger partial charge in [-0.25, -0.2) is 4.68 Å². The molecule has 1 N–H and O–H groups in total. The zero-order valence-electron chi connectivity index (χ0n) is 12.2. The number of nitrogens with zero attached hydrogens (tertiary/aromatic N) is 2. The molecule has 0 unspecified atom stereocenters. The average molecular weight is 274 g/mol. The molecule has 4 heteroatoms. The Morgan fingerprint density at radius 1 is 1.25 bits per heavy atom. The van der Waals surface area contributed by atoms with Gasteiger partial charge in [-0.15, -0.1) is 0 Å². The van der Waals surface area contributed by atoms with Gasteiger partial charge in [0, 0.05) is 6.07 Å². The molecule has 0 spiro atoms. The van der Waals surface area contributed by atoms with Crippen LogP contribution in [0.2, 0.25) is 0 Å². The predicted octanol–water partition coefficient (Wildman–Crippen LogP) is 2.26. The van der Waals surface area contributed by atoms with Crippen molar-refractivity contribution >= 4 is 0 Å². The van der Waals surface area contributed by atoms with Gasteiger partial charge < -0.3 is 5.11 Å². The van der Waals surface area contributed by atoms with Gasteiger partial charge in [0.05, 0.1) is 6.04 Å². The summed E-state index contributed by atoms with van der Waals surface area (Å²) in [5.74, 6) is 5.90. The highest BCUT2D eigenvalue weighted by molar-refractivity contribution is 5.29. The molecular formula is C16H22N2O2. The zero-order chi connectivity index (χ0) is 14.6. The fourth-order valence-electron chi connectivity index (χ4n) is 2.48. The summed E-state index contributed by atoms with van der Waals surface area (Å²) in [7, 11) is 0. The van der Waals surface area contributed by atoms with E-state index in [1.54, 1.807) is 6.07 Å². The highest BCUT2D eigenvalue weighted by atomic mass is 16.3. The number of aromatic nitrogens is 2. The van der Waals surface area contributed by atoms with Crippen molar-refractivity contribution in [1.29, 1.82) is 0 Å². The van der Waals surface area contributed by atoms with Crippen molar-refractivity contribution in [3.8, 4) is 11.8 Å². The lowest BCUT2D eigenvalue weighted by molar-refractivity contribution is 0.0849. The van der Waals surface area contributed by atoms with Crippen LogP contribution in [0.4, 0.5) is 0 Å². The SMILES string of the molecule is CC(C)n1nc(C#CC2(O)CCCCCC2)ccc1=O. The van der Waals surface area contributed by atoms with Crippen LogP contribution in [0.5, 0.6) is 0 Å². The smallest absolute Gasteiger partial charge is 0.267 e. The highest BCUT2D eigenvalue weighted by Gasteiger charge is 2.25. The Labute approximate surface area is 119 Å². The van der Waals surface area contributed by atoms with Crippen LogP contribution in [0.1, 0.15) is 64.1 Å². The van der Waals surface area contributed by atoms with Crippen LogP contribution in [0.15, 0.2) is 16.9 Å². The van der Waals surface area contributed by atoms with Crippen LogP contribution in [-0.4, -0.2) is 20.5 Å². The van der Waals surface area contributed by atoms with Gasteiger partial charge in [-0.1, -0.05) is 18.8 Å². The van der Waals surface area contributed by atoms with Crippen LogP contribution < -0.4 is 5.56 Å². The van der Waals surface area contributed by atoms with Crippen molar-refractivity contribution in [1.82, 2.24) is 9.78 Å². The first-order chi connectivity index (χ1) is 9.50. The second kappa shape index (κ2) is 6.23. The van der Waals surface area contributed by atoms with Gasteiger partial charge >= 0.3 is 0 Å². The molecule has 0 saturated heterocycles. The lowest BCUT2D eigenvalue weighted by Gasteiger charge is -2.19. The van der Waals surface area contributed by atoms with Gasteiger partial charge in [0.2, 0.25) is 0 Å². The molecule has 20 heavy (non-hydrogen) atoms. The van der Waals surface area contributed by atoms with Crippen molar-refractivity contribution in [2.45, 2.75) is 64.0 Å². The maximum absolute atomic E-state index is 11.6. The molecule has 1 aromatic rings. The molecule has 108 valence electrons. The third kappa shape index (κ3) is 3.71. The molecule has 4 nitrogen and oxygen atoms in total. The summed E-state index contributed by atoms with van der Waals surface area (Å²) in [5, 5.41) is 14.7. The minimum atomic E-state index is -0.892. The average Bonchev–Trinajstić information content (AvgIpc) is 2.63. The Bertz CT molecular complexity index is 570. The fraction of sp³-hybridized carbons (Fsp3) is 0.625.